The van der Waals surface area contributed by atoms with Crippen molar-refractivity contribution in [3.05, 3.63) is 57.0 Å². The molecule has 0 atom stereocenters. The molecule has 180 valence electrons. The van der Waals surface area contributed by atoms with Crippen LogP contribution in [0.3, 0.4) is 0 Å². The molecule has 1 N–H and O–H groups in total. The van der Waals surface area contributed by atoms with Crippen molar-refractivity contribution in [2.45, 2.75) is 71.3 Å². The monoisotopic (exact) mass is 482 g/mol. The lowest BCUT2D eigenvalue weighted by molar-refractivity contribution is -0.120. The van der Waals surface area contributed by atoms with Crippen LogP contribution in [0.1, 0.15) is 85.8 Å². The van der Waals surface area contributed by atoms with Gasteiger partial charge in [0, 0.05) is 23.6 Å². The highest BCUT2D eigenvalue weighted by atomic mass is 32.1. The zero-order valence-electron chi connectivity index (χ0n) is 19.6. The molecular weight excluding hydrogens is 452 g/mol. The molecule has 1 aromatic carbocycles. The molecule has 1 amide bonds. The Labute approximate surface area is 202 Å². The van der Waals surface area contributed by atoms with Gasteiger partial charge >= 0.3 is 5.97 Å². The van der Waals surface area contributed by atoms with Crippen molar-refractivity contribution in [2.24, 2.45) is 5.92 Å². The Morgan fingerprint density at radius 1 is 1.18 bits per heavy atom. The van der Waals surface area contributed by atoms with Gasteiger partial charge in [0.05, 0.1) is 11.3 Å². The van der Waals surface area contributed by atoms with Gasteiger partial charge in [0.1, 0.15) is 11.6 Å². The Morgan fingerprint density at radius 3 is 2.68 bits per heavy atom. The van der Waals surface area contributed by atoms with Crippen molar-refractivity contribution in [2.75, 3.05) is 5.32 Å². The fraction of sp³-hybridized carbons (Fsp3) is 0.480. The summed E-state index contributed by atoms with van der Waals surface area (Å²) in [7, 11) is 0. The minimum absolute atomic E-state index is 0.0642. The molecule has 3 aromatic rings. The molecule has 0 saturated heterocycles. The van der Waals surface area contributed by atoms with E-state index in [9.17, 15) is 14.4 Å². The van der Waals surface area contributed by atoms with Crippen molar-refractivity contribution in [1.29, 1.82) is 0 Å². The highest BCUT2D eigenvalue weighted by molar-refractivity contribution is 7.16. The summed E-state index contributed by atoms with van der Waals surface area (Å²) in [6.45, 7) is 3.83. The number of fused-ring (bicyclic) bond motifs is 1. The Hall–Kier alpha value is -3.07. The van der Waals surface area contributed by atoms with Crippen LogP contribution in [0.15, 0.2) is 35.1 Å². The van der Waals surface area contributed by atoms with Crippen molar-refractivity contribution in [3.8, 4) is 0 Å². The molecule has 34 heavy (non-hydrogen) atoms. The van der Waals surface area contributed by atoms with E-state index in [1.807, 2.05) is 13.8 Å². The SMILES string of the molecule is CCC(CC)C(=O)Nc1cccc(C(=O)OCc2cc(=O)n3nc(C4CCCCC4)sc3n2)c1. The van der Waals surface area contributed by atoms with Gasteiger partial charge in [-0.15, -0.1) is 0 Å². The molecule has 1 saturated carbocycles. The van der Waals surface area contributed by atoms with E-state index in [1.54, 1.807) is 24.3 Å². The number of nitrogens with zero attached hydrogens (tertiary/aromatic N) is 3. The minimum atomic E-state index is -0.548. The van der Waals surface area contributed by atoms with Crippen LogP contribution in [0.4, 0.5) is 5.69 Å². The Balaban J connectivity index is 1.43. The molecule has 0 aliphatic heterocycles. The third-order valence-corrected chi connectivity index (χ3v) is 7.41. The summed E-state index contributed by atoms with van der Waals surface area (Å²) in [6, 6.07) is 8.01. The average Bonchev–Trinajstić information content (AvgIpc) is 3.29. The summed E-state index contributed by atoms with van der Waals surface area (Å²) in [5.41, 5.74) is 0.970. The van der Waals surface area contributed by atoms with E-state index in [0.717, 1.165) is 30.7 Å². The van der Waals surface area contributed by atoms with Crippen LogP contribution in [0.5, 0.6) is 0 Å². The van der Waals surface area contributed by atoms with Crippen molar-refractivity contribution >= 4 is 33.9 Å². The minimum Gasteiger partial charge on any atom is -0.456 e. The second-order valence-corrected chi connectivity index (χ2v) is 9.70. The molecule has 2 heterocycles. The number of hydrogen-bond donors (Lipinski definition) is 1. The number of carbonyl (C=O) groups excluding carboxylic acids is 2. The fourth-order valence-corrected chi connectivity index (χ4v) is 5.40. The molecule has 1 aliphatic rings. The molecule has 4 rings (SSSR count). The number of rotatable bonds is 8. The van der Waals surface area contributed by atoms with Crippen LogP contribution in [0.2, 0.25) is 0 Å². The first kappa shape index (κ1) is 24.1. The number of ether oxygens (including phenoxy) is 1. The molecule has 1 fully saturated rings. The van der Waals surface area contributed by atoms with E-state index in [1.165, 1.54) is 41.2 Å². The first-order chi connectivity index (χ1) is 16.5. The van der Waals surface area contributed by atoms with Gasteiger partial charge in [-0.25, -0.2) is 9.78 Å². The number of carbonyl (C=O) groups is 2. The summed E-state index contributed by atoms with van der Waals surface area (Å²) < 4.78 is 6.75. The van der Waals surface area contributed by atoms with Gasteiger partial charge in [-0.3, -0.25) is 9.59 Å². The summed E-state index contributed by atoms with van der Waals surface area (Å²) in [4.78, 5) is 42.5. The van der Waals surface area contributed by atoms with Crippen LogP contribution < -0.4 is 10.9 Å². The van der Waals surface area contributed by atoms with Crippen molar-refractivity contribution < 1.29 is 14.3 Å². The highest BCUT2D eigenvalue weighted by Gasteiger charge is 2.21. The molecule has 0 unspecified atom stereocenters. The van der Waals surface area contributed by atoms with Gasteiger partial charge in [0.25, 0.3) is 5.56 Å². The standard InChI is InChI=1S/C25H30N4O4S/c1-3-16(4-2)22(31)26-19-12-8-11-18(13-19)24(32)33-15-20-14-21(30)29-25(27-20)34-23(28-29)17-9-6-5-7-10-17/h8,11-14,16-17H,3-7,9-10,15H2,1-2H3,(H,26,31). The molecule has 0 spiro atoms. The smallest absolute Gasteiger partial charge is 0.338 e. The van der Waals surface area contributed by atoms with Gasteiger partial charge in [-0.1, -0.05) is 50.5 Å². The van der Waals surface area contributed by atoms with Gasteiger partial charge in [0.2, 0.25) is 10.9 Å². The molecule has 9 heteroatoms. The van der Waals surface area contributed by atoms with E-state index in [0.29, 0.717) is 27.8 Å². The first-order valence-electron chi connectivity index (χ1n) is 12.0. The predicted molar refractivity (Wildman–Crippen MR) is 131 cm³/mol. The van der Waals surface area contributed by atoms with Crippen molar-refractivity contribution in [1.82, 2.24) is 14.6 Å². The summed E-state index contributed by atoms with van der Waals surface area (Å²) in [5.74, 6) is -0.293. The van der Waals surface area contributed by atoms with Crippen LogP contribution in [0.25, 0.3) is 4.96 Å². The lowest BCUT2D eigenvalue weighted by Crippen LogP contribution is -2.21. The molecule has 8 nitrogen and oxygen atoms in total. The Morgan fingerprint density at radius 2 is 1.94 bits per heavy atom. The van der Waals surface area contributed by atoms with E-state index in [2.05, 4.69) is 15.4 Å². The van der Waals surface area contributed by atoms with Crippen LogP contribution in [0, 0.1) is 5.92 Å². The van der Waals surface area contributed by atoms with Gasteiger partial charge in [-0.05, 0) is 43.9 Å². The predicted octanol–water partition coefficient (Wildman–Crippen LogP) is 4.93. The molecule has 1 aliphatic carbocycles. The van der Waals surface area contributed by atoms with Gasteiger partial charge < -0.3 is 10.1 Å². The number of nitrogens with one attached hydrogen (secondary N) is 1. The second-order valence-electron chi connectivity index (χ2n) is 8.71. The summed E-state index contributed by atoms with van der Waals surface area (Å²) >= 11 is 1.44. The lowest BCUT2D eigenvalue weighted by atomic mass is 9.90. The van der Waals surface area contributed by atoms with Crippen molar-refractivity contribution in [3.63, 3.8) is 0 Å². The zero-order chi connectivity index (χ0) is 24.1. The topological polar surface area (TPSA) is 103 Å². The van der Waals surface area contributed by atoms with E-state index >= 15 is 0 Å². The average molecular weight is 483 g/mol. The van der Waals surface area contributed by atoms with E-state index < -0.39 is 5.97 Å². The third kappa shape index (κ3) is 5.52. The second kappa shape index (κ2) is 10.9. The normalized spacial score (nSPS) is 14.4. The quantitative estimate of drug-likeness (QED) is 0.457. The molecule has 0 radical (unpaired) electrons. The van der Waals surface area contributed by atoms with Gasteiger partial charge in [0.15, 0.2) is 0 Å². The van der Waals surface area contributed by atoms with E-state index in [4.69, 9.17) is 4.74 Å². The summed E-state index contributed by atoms with van der Waals surface area (Å²) in [5, 5.41) is 8.31. The number of benzene rings is 1. The molecule has 0 bridgehead atoms. The van der Waals surface area contributed by atoms with Crippen LogP contribution in [-0.2, 0) is 16.1 Å². The number of hydrogen-bond acceptors (Lipinski definition) is 7. The number of anilines is 1. The highest BCUT2D eigenvalue weighted by Crippen LogP contribution is 2.34. The first-order valence-corrected chi connectivity index (χ1v) is 12.8. The van der Waals surface area contributed by atoms with Crippen LogP contribution in [-0.4, -0.2) is 26.5 Å². The van der Waals surface area contributed by atoms with Crippen LogP contribution >= 0.6 is 11.3 Å². The zero-order valence-corrected chi connectivity index (χ0v) is 20.4. The molecule has 2 aromatic heterocycles. The molecular formula is C25H30N4O4S. The number of amides is 1. The maximum atomic E-state index is 12.6. The number of esters is 1. The Bertz CT molecular complexity index is 1230. The maximum absolute atomic E-state index is 12.6. The van der Waals surface area contributed by atoms with Gasteiger partial charge in [-0.2, -0.15) is 9.61 Å². The number of aromatic nitrogens is 3. The maximum Gasteiger partial charge on any atom is 0.338 e. The third-order valence-electron chi connectivity index (χ3n) is 6.34. The largest absolute Gasteiger partial charge is 0.456 e. The fourth-order valence-electron chi connectivity index (χ4n) is 4.31. The van der Waals surface area contributed by atoms with E-state index in [-0.39, 0.29) is 24.0 Å². The summed E-state index contributed by atoms with van der Waals surface area (Å²) in [6.07, 6.45) is 7.32. The Kier molecular flexibility index (Phi) is 7.72. The lowest BCUT2D eigenvalue weighted by Gasteiger charge is -2.18.